The summed E-state index contributed by atoms with van der Waals surface area (Å²) in [7, 11) is 0. The Labute approximate surface area is 100.0 Å². The van der Waals surface area contributed by atoms with Crippen LogP contribution in [0.25, 0.3) is 6.08 Å². The molecule has 90 valence electrons. The molecule has 0 radical (unpaired) electrons. The van der Waals surface area contributed by atoms with E-state index in [2.05, 4.69) is 5.32 Å². The van der Waals surface area contributed by atoms with Gasteiger partial charge in [-0.05, 0) is 36.6 Å². The molecule has 0 aliphatic carbocycles. The maximum Gasteiger partial charge on any atom is 0.352 e. The molecule has 0 saturated heterocycles. The third kappa shape index (κ3) is 3.75. The second-order valence-electron chi connectivity index (χ2n) is 3.89. The molecule has 0 heterocycles. The van der Waals surface area contributed by atoms with Gasteiger partial charge in [0.1, 0.15) is 5.70 Å². The predicted molar refractivity (Wildman–Crippen MR) is 65.3 cm³/mol. The van der Waals surface area contributed by atoms with Crippen LogP contribution in [0.15, 0.2) is 23.9 Å². The van der Waals surface area contributed by atoms with Gasteiger partial charge in [-0.1, -0.05) is 18.2 Å². The second-order valence-corrected chi connectivity index (χ2v) is 3.89. The number of benzene rings is 1. The van der Waals surface area contributed by atoms with E-state index in [0.717, 1.165) is 16.7 Å². The van der Waals surface area contributed by atoms with Crippen molar-refractivity contribution in [3.8, 4) is 0 Å². The van der Waals surface area contributed by atoms with Gasteiger partial charge in [0, 0.05) is 6.92 Å². The minimum absolute atomic E-state index is 0.124. The Morgan fingerprint density at radius 1 is 1.24 bits per heavy atom. The van der Waals surface area contributed by atoms with Crippen LogP contribution in [0.4, 0.5) is 0 Å². The molecule has 4 heteroatoms. The van der Waals surface area contributed by atoms with Gasteiger partial charge in [-0.2, -0.15) is 0 Å². The van der Waals surface area contributed by atoms with Crippen molar-refractivity contribution in [1.29, 1.82) is 0 Å². The lowest BCUT2D eigenvalue weighted by Gasteiger charge is -2.05. The van der Waals surface area contributed by atoms with Crippen LogP contribution < -0.4 is 5.32 Å². The molecular formula is C13H15NO3. The van der Waals surface area contributed by atoms with E-state index in [-0.39, 0.29) is 5.70 Å². The summed E-state index contributed by atoms with van der Waals surface area (Å²) in [4.78, 5) is 21.8. The number of carboxylic acid groups (broad SMARTS) is 1. The van der Waals surface area contributed by atoms with E-state index in [4.69, 9.17) is 5.11 Å². The van der Waals surface area contributed by atoms with Gasteiger partial charge >= 0.3 is 5.97 Å². The molecule has 0 saturated carbocycles. The Morgan fingerprint density at radius 3 is 2.35 bits per heavy atom. The van der Waals surface area contributed by atoms with Crippen LogP contribution >= 0.6 is 0 Å². The first kappa shape index (κ1) is 13.0. The van der Waals surface area contributed by atoms with Gasteiger partial charge in [-0.25, -0.2) is 4.79 Å². The Bertz CT molecular complexity index is 489. The summed E-state index contributed by atoms with van der Waals surface area (Å²) in [6.45, 7) is 5.21. The number of hydrogen-bond acceptors (Lipinski definition) is 2. The average Bonchev–Trinajstić information content (AvgIpc) is 2.21. The first-order valence-electron chi connectivity index (χ1n) is 5.20. The maximum atomic E-state index is 10.9. The van der Waals surface area contributed by atoms with Crippen molar-refractivity contribution in [3.63, 3.8) is 0 Å². The van der Waals surface area contributed by atoms with Crippen molar-refractivity contribution in [2.45, 2.75) is 20.8 Å². The summed E-state index contributed by atoms with van der Waals surface area (Å²) < 4.78 is 0. The van der Waals surface area contributed by atoms with Crippen molar-refractivity contribution < 1.29 is 14.7 Å². The van der Waals surface area contributed by atoms with E-state index in [9.17, 15) is 9.59 Å². The number of aliphatic carboxylic acids is 1. The summed E-state index contributed by atoms with van der Waals surface area (Å²) in [6.07, 6.45) is 1.44. The molecule has 1 rings (SSSR count). The second kappa shape index (κ2) is 5.30. The number of carboxylic acids is 1. The molecule has 1 aromatic rings. The molecule has 0 aromatic heterocycles. The number of carbonyl (C=O) groups excluding carboxylic acids is 1. The van der Waals surface area contributed by atoms with E-state index in [1.807, 2.05) is 32.0 Å². The van der Waals surface area contributed by atoms with E-state index >= 15 is 0 Å². The van der Waals surface area contributed by atoms with Gasteiger partial charge in [-0.3, -0.25) is 4.79 Å². The third-order valence-corrected chi connectivity index (χ3v) is 2.38. The SMILES string of the molecule is CC(=O)NC(=Cc1ccc(C)c(C)c1)C(=O)O. The van der Waals surface area contributed by atoms with E-state index < -0.39 is 11.9 Å². The lowest BCUT2D eigenvalue weighted by Crippen LogP contribution is -2.24. The van der Waals surface area contributed by atoms with Crippen LogP contribution in [-0.4, -0.2) is 17.0 Å². The van der Waals surface area contributed by atoms with Crippen LogP contribution in [0.5, 0.6) is 0 Å². The molecule has 1 amide bonds. The topological polar surface area (TPSA) is 66.4 Å². The molecule has 0 fully saturated rings. The summed E-state index contributed by atoms with van der Waals surface area (Å²) in [5.41, 5.74) is 2.84. The van der Waals surface area contributed by atoms with Crippen molar-refractivity contribution in [3.05, 3.63) is 40.6 Å². The summed E-state index contributed by atoms with van der Waals surface area (Å²) in [5.74, 6) is -1.55. The van der Waals surface area contributed by atoms with E-state index in [1.54, 1.807) is 0 Å². The van der Waals surface area contributed by atoms with Gasteiger partial charge in [0.25, 0.3) is 0 Å². The van der Waals surface area contributed by atoms with Crippen molar-refractivity contribution in [2.24, 2.45) is 0 Å². The number of nitrogens with one attached hydrogen (secondary N) is 1. The fraction of sp³-hybridized carbons (Fsp3) is 0.231. The number of rotatable bonds is 3. The van der Waals surface area contributed by atoms with Gasteiger partial charge < -0.3 is 10.4 Å². The Kier molecular flexibility index (Phi) is 4.04. The Balaban J connectivity index is 3.08. The molecule has 4 nitrogen and oxygen atoms in total. The first-order chi connectivity index (χ1) is 7.90. The fourth-order valence-electron chi connectivity index (χ4n) is 1.36. The maximum absolute atomic E-state index is 10.9. The highest BCUT2D eigenvalue weighted by Gasteiger charge is 2.08. The number of hydrogen-bond donors (Lipinski definition) is 2. The molecule has 0 aliphatic heterocycles. The monoisotopic (exact) mass is 233 g/mol. The molecule has 0 bridgehead atoms. The summed E-state index contributed by atoms with van der Waals surface area (Å²) >= 11 is 0. The molecule has 0 unspecified atom stereocenters. The standard InChI is InChI=1S/C13H15NO3/c1-8-4-5-11(6-9(8)2)7-12(13(16)17)14-10(3)15/h4-7H,1-3H3,(H,14,15)(H,16,17). The minimum Gasteiger partial charge on any atom is -0.477 e. The van der Waals surface area contributed by atoms with Crippen molar-refractivity contribution in [1.82, 2.24) is 5.32 Å². The molecule has 0 atom stereocenters. The van der Waals surface area contributed by atoms with Crippen LogP contribution in [0.2, 0.25) is 0 Å². The van der Waals surface area contributed by atoms with Crippen LogP contribution in [-0.2, 0) is 9.59 Å². The van der Waals surface area contributed by atoms with E-state index in [0.29, 0.717) is 0 Å². The minimum atomic E-state index is -1.15. The molecule has 0 aliphatic rings. The van der Waals surface area contributed by atoms with Gasteiger partial charge in [0.15, 0.2) is 0 Å². The molecule has 2 N–H and O–H groups in total. The molecule has 17 heavy (non-hydrogen) atoms. The van der Waals surface area contributed by atoms with Crippen LogP contribution in [0.3, 0.4) is 0 Å². The fourth-order valence-corrected chi connectivity index (χ4v) is 1.36. The highest BCUT2D eigenvalue weighted by Crippen LogP contribution is 2.12. The van der Waals surface area contributed by atoms with Crippen LogP contribution in [0, 0.1) is 13.8 Å². The van der Waals surface area contributed by atoms with Crippen molar-refractivity contribution >= 4 is 18.0 Å². The van der Waals surface area contributed by atoms with Gasteiger partial charge in [0.05, 0.1) is 0 Å². The zero-order chi connectivity index (χ0) is 13.0. The summed E-state index contributed by atoms with van der Waals surface area (Å²) in [5, 5.41) is 11.2. The highest BCUT2D eigenvalue weighted by atomic mass is 16.4. The molecular weight excluding hydrogens is 218 g/mol. The number of aryl methyl sites for hydroxylation is 2. The smallest absolute Gasteiger partial charge is 0.352 e. The van der Waals surface area contributed by atoms with Crippen molar-refractivity contribution in [2.75, 3.05) is 0 Å². The summed E-state index contributed by atoms with van der Waals surface area (Å²) in [6, 6.07) is 5.60. The largest absolute Gasteiger partial charge is 0.477 e. The lowest BCUT2D eigenvalue weighted by molar-refractivity contribution is -0.134. The number of amides is 1. The quantitative estimate of drug-likeness (QED) is 0.783. The Morgan fingerprint density at radius 2 is 1.88 bits per heavy atom. The number of carbonyl (C=O) groups is 2. The zero-order valence-electron chi connectivity index (χ0n) is 10.1. The molecule has 0 spiro atoms. The average molecular weight is 233 g/mol. The normalized spacial score (nSPS) is 11.1. The lowest BCUT2D eigenvalue weighted by atomic mass is 10.1. The van der Waals surface area contributed by atoms with E-state index in [1.165, 1.54) is 13.0 Å². The van der Waals surface area contributed by atoms with Gasteiger partial charge in [-0.15, -0.1) is 0 Å². The first-order valence-corrected chi connectivity index (χ1v) is 5.20. The third-order valence-electron chi connectivity index (χ3n) is 2.38. The highest BCUT2D eigenvalue weighted by molar-refractivity contribution is 5.96. The van der Waals surface area contributed by atoms with Gasteiger partial charge in [0.2, 0.25) is 5.91 Å². The predicted octanol–water partition coefficient (Wildman–Crippen LogP) is 1.87. The van der Waals surface area contributed by atoms with Crippen LogP contribution in [0.1, 0.15) is 23.6 Å². The molecule has 1 aromatic carbocycles. The Hall–Kier alpha value is -2.10. The zero-order valence-corrected chi connectivity index (χ0v) is 10.1.